The van der Waals surface area contributed by atoms with Crippen molar-refractivity contribution in [3.63, 3.8) is 0 Å². The average molecular weight is 237 g/mol. The molecule has 0 amide bonds. The highest BCUT2D eigenvalue weighted by Crippen LogP contribution is 2.15. The van der Waals surface area contributed by atoms with Gasteiger partial charge in [-0.3, -0.25) is 0 Å². The zero-order valence-electron chi connectivity index (χ0n) is 10.2. The molecule has 0 aliphatic carbocycles. The quantitative estimate of drug-likeness (QED) is 0.427. The maximum Gasteiger partial charge on any atom is 0.114 e. The lowest BCUT2D eigenvalue weighted by Crippen LogP contribution is -2.02. The zero-order valence-corrected chi connectivity index (χ0v) is 11.0. The van der Waals surface area contributed by atoms with E-state index >= 15 is 0 Å². The Kier molecular flexibility index (Phi) is 6.01. The molecule has 2 nitrogen and oxygen atoms in total. The van der Waals surface area contributed by atoms with Crippen LogP contribution >= 0.6 is 11.8 Å². The number of thioether (sulfide) groups is 1. The van der Waals surface area contributed by atoms with Crippen molar-refractivity contribution in [1.82, 2.24) is 0 Å². The highest BCUT2D eigenvalue weighted by Gasteiger charge is 2.00. The summed E-state index contributed by atoms with van der Waals surface area (Å²) in [5, 5.41) is 4.11. The van der Waals surface area contributed by atoms with Crippen molar-refractivity contribution in [2.45, 2.75) is 31.6 Å². The second-order valence-corrected chi connectivity index (χ2v) is 4.33. The number of benzene rings is 1. The lowest BCUT2D eigenvalue weighted by atomic mass is 10.1. The van der Waals surface area contributed by atoms with Gasteiger partial charge in [-0.1, -0.05) is 24.2 Å². The van der Waals surface area contributed by atoms with E-state index in [0.717, 1.165) is 18.6 Å². The molecule has 16 heavy (non-hydrogen) atoms. The summed E-state index contributed by atoms with van der Waals surface area (Å²) in [6, 6.07) is 8.60. The molecule has 0 atom stereocenters. The van der Waals surface area contributed by atoms with Gasteiger partial charge in [0.15, 0.2) is 0 Å². The van der Waals surface area contributed by atoms with Crippen LogP contribution in [0.1, 0.15) is 25.8 Å². The molecule has 3 heteroatoms. The minimum absolute atomic E-state index is 0.634. The van der Waals surface area contributed by atoms with Gasteiger partial charge in [-0.15, -0.1) is 11.8 Å². The predicted molar refractivity (Wildman–Crippen MR) is 71.3 cm³/mol. The molecule has 0 saturated heterocycles. The summed E-state index contributed by atoms with van der Waals surface area (Å²) in [6.07, 6.45) is 3.90. The molecule has 0 radical (unpaired) electrons. The first kappa shape index (κ1) is 13.1. The Hall–Kier alpha value is -0.960. The third kappa shape index (κ3) is 4.27. The van der Waals surface area contributed by atoms with Crippen LogP contribution in [-0.4, -0.2) is 18.6 Å². The van der Waals surface area contributed by atoms with Crippen molar-refractivity contribution in [3.05, 3.63) is 29.8 Å². The highest BCUT2D eigenvalue weighted by molar-refractivity contribution is 7.98. The number of nitrogens with zero attached hydrogens (tertiary/aromatic N) is 1. The molecule has 0 aliphatic rings. The van der Waals surface area contributed by atoms with Crippen LogP contribution < -0.4 is 0 Å². The van der Waals surface area contributed by atoms with Crippen molar-refractivity contribution >= 4 is 17.5 Å². The second-order valence-electron chi connectivity index (χ2n) is 3.45. The van der Waals surface area contributed by atoms with Crippen LogP contribution in [0, 0.1) is 0 Å². The fourth-order valence-corrected chi connectivity index (χ4v) is 1.76. The summed E-state index contributed by atoms with van der Waals surface area (Å²) < 4.78 is 0. The first-order chi connectivity index (χ1) is 7.80. The Morgan fingerprint density at radius 1 is 1.25 bits per heavy atom. The average Bonchev–Trinajstić information content (AvgIpc) is 2.35. The third-order valence-corrected chi connectivity index (χ3v) is 3.04. The minimum Gasteiger partial charge on any atom is -0.396 e. The first-order valence-electron chi connectivity index (χ1n) is 5.60. The first-order valence-corrected chi connectivity index (χ1v) is 6.83. The van der Waals surface area contributed by atoms with Crippen LogP contribution in [0.5, 0.6) is 0 Å². The molecule has 1 aromatic carbocycles. The molecular weight excluding hydrogens is 218 g/mol. The maximum atomic E-state index is 5.09. The van der Waals surface area contributed by atoms with Crippen molar-refractivity contribution < 1.29 is 4.84 Å². The Bertz CT molecular complexity index is 332. The van der Waals surface area contributed by atoms with Gasteiger partial charge in [-0.2, -0.15) is 0 Å². The van der Waals surface area contributed by atoms with Gasteiger partial charge in [0.05, 0.1) is 5.71 Å². The highest BCUT2D eigenvalue weighted by atomic mass is 32.2. The summed E-state index contributed by atoms with van der Waals surface area (Å²) in [5.41, 5.74) is 2.39. The molecule has 0 fully saturated rings. The Balaban J connectivity index is 2.63. The molecule has 0 unspecified atom stereocenters. The van der Waals surface area contributed by atoms with Gasteiger partial charge < -0.3 is 4.84 Å². The van der Waals surface area contributed by atoms with Crippen LogP contribution in [0.15, 0.2) is 34.3 Å². The normalized spacial score (nSPS) is 11.6. The molecule has 0 aliphatic heterocycles. The zero-order chi connectivity index (χ0) is 11.8. The molecule has 0 bridgehead atoms. The Morgan fingerprint density at radius 2 is 1.94 bits per heavy atom. The number of oxime groups is 1. The predicted octanol–water partition coefficient (Wildman–Crippen LogP) is 3.75. The topological polar surface area (TPSA) is 21.6 Å². The van der Waals surface area contributed by atoms with Crippen molar-refractivity contribution in [1.29, 1.82) is 0 Å². The van der Waals surface area contributed by atoms with Gasteiger partial charge in [0, 0.05) is 11.3 Å². The van der Waals surface area contributed by atoms with E-state index in [4.69, 9.17) is 4.84 Å². The van der Waals surface area contributed by atoms with Crippen LogP contribution in [0.4, 0.5) is 0 Å². The van der Waals surface area contributed by atoms with E-state index in [2.05, 4.69) is 42.6 Å². The summed E-state index contributed by atoms with van der Waals surface area (Å²) in [4.78, 5) is 6.38. The van der Waals surface area contributed by atoms with Crippen LogP contribution in [0.25, 0.3) is 0 Å². The van der Waals surface area contributed by atoms with E-state index in [0.29, 0.717) is 6.61 Å². The fraction of sp³-hybridized carbons (Fsp3) is 0.462. The summed E-state index contributed by atoms with van der Waals surface area (Å²) in [5.74, 6) is 0. The minimum atomic E-state index is 0.634. The summed E-state index contributed by atoms with van der Waals surface area (Å²) in [7, 11) is 0. The van der Waals surface area contributed by atoms with Gasteiger partial charge >= 0.3 is 0 Å². The van der Waals surface area contributed by atoms with Gasteiger partial charge in [0.25, 0.3) is 0 Å². The molecule has 0 heterocycles. The molecular formula is C13H19NOS. The molecule has 0 aromatic heterocycles. The summed E-state index contributed by atoms with van der Waals surface area (Å²) >= 11 is 1.76. The number of hydrogen-bond acceptors (Lipinski definition) is 3. The van der Waals surface area contributed by atoms with Crippen molar-refractivity contribution in [2.75, 3.05) is 12.9 Å². The van der Waals surface area contributed by atoms with Gasteiger partial charge in [0.1, 0.15) is 6.61 Å². The standard InChI is InChI=1S/C13H19NOS/c1-4-12(14-15-5-2)10-11-6-8-13(16-3)9-7-11/h6-9H,4-5,10H2,1-3H3/b14-12+. The van der Waals surface area contributed by atoms with Crippen LogP contribution in [-0.2, 0) is 11.3 Å². The lowest BCUT2D eigenvalue weighted by molar-refractivity contribution is 0.157. The van der Waals surface area contributed by atoms with Gasteiger partial charge in [-0.05, 0) is 37.3 Å². The van der Waals surface area contributed by atoms with E-state index in [9.17, 15) is 0 Å². The third-order valence-electron chi connectivity index (χ3n) is 2.30. The molecule has 88 valence electrons. The molecule has 1 rings (SSSR count). The van der Waals surface area contributed by atoms with Crippen molar-refractivity contribution in [2.24, 2.45) is 5.16 Å². The Labute approximate surface area is 102 Å². The molecule has 1 aromatic rings. The second kappa shape index (κ2) is 7.34. The van der Waals surface area contributed by atoms with E-state index in [1.165, 1.54) is 10.5 Å². The van der Waals surface area contributed by atoms with Gasteiger partial charge in [0.2, 0.25) is 0 Å². The largest absolute Gasteiger partial charge is 0.396 e. The lowest BCUT2D eigenvalue weighted by Gasteiger charge is -2.04. The van der Waals surface area contributed by atoms with Crippen molar-refractivity contribution in [3.8, 4) is 0 Å². The molecule has 0 N–H and O–H groups in total. The van der Waals surface area contributed by atoms with E-state index < -0.39 is 0 Å². The molecule has 0 spiro atoms. The number of rotatable bonds is 6. The van der Waals surface area contributed by atoms with Gasteiger partial charge in [-0.25, -0.2) is 0 Å². The number of hydrogen-bond donors (Lipinski definition) is 0. The maximum absolute atomic E-state index is 5.09. The monoisotopic (exact) mass is 237 g/mol. The fourth-order valence-electron chi connectivity index (χ4n) is 1.36. The molecule has 0 saturated carbocycles. The van der Waals surface area contributed by atoms with Crippen LogP contribution in [0.2, 0.25) is 0 Å². The smallest absolute Gasteiger partial charge is 0.114 e. The van der Waals surface area contributed by atoms with E-state index in [1.54, 1.807) is 11.8 Å². The summed E-state index contributed by atoms with van der Waals surface area (Å²) in [6.45, 7) is 4.69. The van der Waals surface area contributed by atoms with Crippen LogP contribution in [0.3, 0.4) is 0 Å². The van der Waals surface area contributed by atoms with E-state index in [1.807, 2.05) is 6.92 Å². The Morgan fingerprint density at radius 3 is 2.44 bits per heavy atom. The van der Waals surface area contributed by atoms with E-state index in [-0.39, 0.29) is 0 Å². The SMILES string of the molecule is CCO/N=C(\CC)Cc1ccc(SC)cc1.